The van der Waals surface area contributed by atoms with Gasteiger partial charge in [-0.1, -0.05) is 17.7 Å². The average Bonchev–Trinajstić information content (AvgIpc) is 2.46. The van der Waals surface area contributed by atoms with Crippen LogP contribution in [0.1, 0.15) is 15.9 Å². The molecule has 6 nitrogen and oxygen atoms in total. The summed E-state index contributed by atoms with van der Waals surface area (Å²) in [6, 6.07) is 6.82. The summed E-state index contributed by atoms with van der Waals surface area (Å²) in [4.78, 5) is 15.5. The highest BCUT2D eigenvalue weighted by Crippen LogP contribution is 2.27. The molecular weight excluding hydrogens is 292 g/mol. The normalized spacial score (nSPS) is 10.2. The topological polar surface area (TPSA) is 103 Å². The van der Waals surface area contributed by atoms with E-state index in [4.69, 9.17) is 27.8 Å². The molecule has 0 saturated heterocycles. The lowest BCUT2D eigenvalue weighted by Gasteiger charge is -2.13. The van der Waals surface area contributed by atoms with E-state index in [1.54, 1.807) is 25.3 Å². The Kier molecular flexibility index (Phi) is 4.49. The molecule has 0 spiro atoms. The van der Waals surface area contributed by atoms with Gasteiger partial charge in [0.15, 0.2) is 0 Å². The number of nitrogen functional groups attached to an aromatic ring is 1. The molecule has 0 radical (unpaired) electrons. The van der Waals surface area contributed by atoms with Crippen molar-refractivity contribution in [2.24, 2.45) is 5.73 Å². The highest BCUT2D eigenvalue weighted by molar-refractivity contribution is 6.31. The van der Waals surface area contributed by atoms with Gasteiger partial charge in [-0.3, -0.25) is 4.79 Å². The average molecular weight is 307 g/mol. The largest absolute Gasteiger partial charge is 0.496 e. The number of methoxy groups -OCH3 is 1. The van der Waals surface area contributed by atoms with Crippen LogP contribution in [0, 0.1) is 0 Å². The number of amides is 1. The molecule has 2 rings (SSSR count). The first-order valence-corrected chi connectivity index (χ1v) is 6.51. The van der Waals surface area contributed by atoms with E-state index in [2.05, 4.69) is 10.3 Å². The maximum absolute atomic E-state index is 11.4. The van der Waals surface area contributed by atoms with Crippen molar-refractivity contribution in [2.45, 2.75) is 6.54 Å². The number of rotatable bonds is 5. The van der Waals surface area contributed by atoms with Crippen LogP contribution >= 0.6 is 11.6 Å². The van der Waals surface area contributed by atoms with Gasteiger partial charge in [-0.15, -0.1) is 0 Å². The molecule has 7 heteroatoms. The molecule has 1 amide bonds. The van der Waals surface area contributed by atoms with Crippen molar-refractivity contribution >= 4 is 29.0 Å². The maximum Gasteiger partial charge on any atom is 0.252 e. The number of aromatic nitrogens is 1. The Balaban J connectivity index is 2.27. The molecule has 0 bridgehead atoms. The molecule has 0 fully saturated rings. The van der Waals surface area contributed by atoms with Crippen molar-refractivity contribution in [3.8, 4) is 5.75 Å². The van der Waals surface area contributed by atoms with Crippen LogP contribution in [0.4, 0.5) is 11.5 Å². The third-order valence-corrected chi connectivity index (χ3v) is 3.26. The molecule has 1 heterocycles. The van der Waals surface area contributed by atoms with Gasteiger partial charge in [-0.05, 0) is 18.2 Å². The molecule has 1 aromatic heterocycles. The smallest absolute Gasteiger partial charge is 0.252 e. The van der Waals surface area contributed by atoms with Crippen LogP contribution in [-0.4, -0.2) is 18.0 Å². The van der Waals surface area contributed by atoms with Gasteiger partial charge < -0.3 is 21.5 Å². The number of benzene rings is 1. The van der Waals surface area contributed by atoms with E-state index in [1.807, 2.05) is 0 Å². The summed E-state index contributed by atoms with van der Waals surface area (Å²) in [5.41, 5.74) is 12.3. The Labute approximate surface area is 127 Å². The number of nitrogens with two attached hydrogens (primary N) is 2. The molecule has 0 aliphatic carbocycles. The Morgan fingerprint density at radius 2 is 2.24 bits per heavy atom. The Morgan fingerprint density at radius 3 is 2.90 bits per heavy atom. The van der Waals surface area contributed by atoms with Crippen molar-refractivity contribution in [3.63, 3.8) is 0 Å². The van der Waals surface area contributed by atoms with Crippen LogP contribution in [0.2, 0.25) is 5.02 Å². The van der Waals surface area contributed by atoms with Gasteiger partial charge in [0.25, 0.3) is 5.91 Å². The van der Waals surface area contributed by atoms with Gasteiger partial charge in [0.2, 0.25) is 0 Å². The Bertz CT molecular complexity index is 676. The molecule has 1 aromatic carbocycles. The summed E-state index contributed by atoms with van der Waals surface area (Å²) in [5, 5.41) is 3.58. The molecule has 21 heavy (non-hydrogen) atoms. The van der Waals surface area contributed by atoms with Crippen LogP contribution in [0.3, 0.4) is 0 Å². The van der Waals surface area contributed by atoms with Gasteiger partial charge >= 0.3 is 0 Å². The van der Waals surface area contributed by atoms with Gasteiger partial charge in [0, 0.05) is 17.1 Å². The van der Waals surface area contributed by atoms with Gasteiger partial charge in [0.05, 0.1) is 24.6 Å². The fraction of sp³-hybridized carbons (Fsp3) is 0.143. The number of primary amides is 1. The number of halogens is 1. The van der Waals surface area contributed by atoms with E-state index in [0.29, 0.717) is 28.8 Å². The first-order valence-electron chi connectivity index (χ1n) is 6.13. The minimum atomic E-state index is -0.608. The van der Waals surface area contributed by atoms with Crippen molar-refractivity contribution in [1.82, 2.24) is 4.98 Å². The molecule has 110 valence electrons. The summed E-state index contributed by atoms with van der Waals surface area (Å²) in [7, 11) is 1.56. The van der Waals surface area contributed by atoms with Crippen LogP contribution in [0.25, 0.3) is 0 Å². The SMILES string of the molecule is COc1cccc(Cl)c1CNc1ncc(N)cc1C(N)=O. The zero-order valence-electron chi connectivity index (χ0n) is 11.4. The number of ether oxygens (including phenoxy) is 1. The lowest BCUT2D eigenvalue weighted by Crippen LogP contribution is -2.16. The van der Waals surface area contributed by atoms with Gasteiger partial charge in [0.1, 0.15) is 11.6 Å². The Morgan fingerprint density at radius 1 is 1.48 bits per heavy atom. The predicted molar refractivity (Wildman–Crippen MR) is 82.5 cm³/mol. The molecule has 0 aliphatic rings. The van der Waals surface area contributed by atoms with Gasteiger partial charge in [-0.2, -0.15) is 0 Å². The fourth-order valence-electron chi connectivity index (χ4n) is 1.88. The summed E-state index contributed by atoms with van der Waals surface area (Å²) in [6.45, 7) is 0.333. The number of carbonyl (C=O) groups excluding carboxylic acids is 1. The molecule has 0 atom stereocenters. The number of hydrogen-bond acceptors (Lipinski definition) is 5. The summed E-state index contributed by atoms with van der Waals surface area (Å²) in [6.07, 6.45) is 1.44. The number of anilines is 2. The highest BCUT2D eigenvalue weighted by Gasteiger charge is 2.12. The second kappa shape index (κ2) is 6.32. The molecular formula is C14H15ClN4O2. The van der Waals surface area contributed by atoms with Crippen LogP contribution < -0.4 is 21.5 Å². The highest BCUT2D eigenvalue weighted by atomic mass is 35.5. The predicted octanol–water partition coefficient (Wildman–Crippen LogP) is 2.04. The maximum atomic E-state index is 11.4. The second-order valence-corrected chi connectivity index (χ2v) is 4.71. The van der Waals surface area contributed by atoms with Gasteiger partial charge in [-0.25, -0.2) is 4.98 Å². The second-order valence-electron chi connectivity index (χ2n) is 4.30. The van der Waals surface area contributed by atoms with Crippen LogP contribution in [0.15, 0.2) is 30.5 Å². The van der Waals surface area contributed by atoms with E-state index in [0.717, 1.165) is 5.56 Å². The standard InChI is InChI=1S/C14H15ClN4O2/c1-21-12-4-2-3-11(15)10(12)7-19-14-9(13(17)20)5-8(16)6-18-14/h2-6H,7,16H2,1H3,(H2,17,20)(H,18,19). The molecule has 0 aliphatic heterocycles. The molecule has 0 unspecified atom stereocenters. The Hall–Kier alpha value is -2.47. The summed E-state index contributed by atoms with van der Waals surface area (Å²) in [5.74, 6) is 0.383. The number of carbonyl (C=O) groups is 1. The lowest BCUT2D eigenvalue weighted by atomic mass is 10.2. The van der Waals surface area contributed by atoms with E-state index in [9.17, 15) is 4.79 Å². The first-order chi connectivity index (χ1) is 10.0. The van der Waals surface area contributed by atoms with E-state index < -0.39 is 5.91 Å². The minimum Gasteiger partial charge on any atom is -0.496 e. The van der Waals surface area contributed by atoms with Crippen molar-refractivity contribution < 1.29 is 9.53 Å². The number of nitrogens with one attached hydrogen (secondary N) is 1. The zero-order chi connectivity index (χ0) is 15.4. The lowest BCUT2D eigenvalue weighted by molar-refractivity contribution is 0.100. The van der Waals surface area contributed by atoms with E-state index in [1.165, 1.54) is 12.3 Å². The van der Waals surface area contributed by atoms with E-state index in [-0.39, 0.29) is 5.56 Å². The third kappa shape index (κ3) is 3.35. The number of hydrogen-bond donors (Lipinski definition) is 3. The fourth-order valence-corrected chi connectivity index (χ4v) is 2.12. The molecule has 0 saturated carbocycles. The monoisotopic (exact) mass is 306 g/mol. The van der Waals surface area contributed by atoms with Crippen LogP contribution in [0.5, 0.6) is 5.75 Å². The summed E-state index contributed by atoms with van der Waals surface area (Å²) >= 11 is 6.15. The first kappa shape index (κ1) is 14.9. The van der Waals surface area contributed by atoms with E-state index >= 15 is 0 Å². The van der Waals surface area contributed by atoms with Crippen LogP contribution in [-0.2, 0) is 6.54 Å². The third-order valence-electron chi connectivity index (χ3n) is 2.90. The quantitative estimate of drug-likeness (QED) is 0.784. The molecule has 2 aromatic rings. The number of nitrogens with zero attached hydrogens (tertiary/aromatic N) is 1. The van der Waals surface area contributed by atoms with Crippen molar-refractivity contribution in [2.75, 3.05) is 18.2 Å². The minimum absolute atomic E-state index is 0.223. The van der Waals surface area contributed by atoms with Crippen molar-refractivity contribution in [1.29, 1.82) is 0 Å². The summed E-state index contributed by atoms with van der Waals surface area (Å²) < 4.78 is 5.25. The number of pyridine rings is 1. The van der Waals surface area contributed by atoms with Crippen molar-refractivity contribution in [3.05, 3.63) is 46.6 Å². The molecule has 5 N–H and O–H groups in total. The zero-order valence-corrected chi connectivity index (χ0v) is 12.1.